The molecule has 2 saturated carbocycles. The van der Waals surface area contributed by atoms with Crippen LogP contribution in [0.2, 0.25) is 0 Å². The Morgan fingerprint density at radius 2 is 2.08 bits per heavy atom. The molecule has 1 aromatic carbocycles. The molecule has 0 radical (unpaired) electrons. The predicted molar refractivity (Wildman–Crippen MR) is 103 cm³/mol. The van der Waals surface area contributed by atoms with E-state index in [9.17, 15) is 10.2 Å². The number of aryl methyl sites for hydroxylation is 1. The number of aliphatic hydroxyl groups excluding tert-OH is 1. The summed E-state index contributed by atoms with van der Waals surface area (Å²) in [4.78, 5) is 0. The standard InChI is InChI=1S/C23H34O3/c1-3-26-12-4-5-16-14-23(2)20(10-11-21(23)25)19-8-6-15-13-17(24)7-9-18(15)22(16)19/h7,9,13,16,19-22,24-25H,3-6,8,10-12,14H2,1-2H3/t16-,19-,20-,21?,22+,23-/m0/s1. The number of ether oxygens (including phenoxy) is 1. The van der Waals surface area contributed by atoms with Crippen LogP contribution < -0.4 is 0 Å². The number of benzene rings is 1. The second-order valence-corrected chi connectivity index (χ2v) is 9.12. The number of fused-ring (bicyclic) bond motifs is 5. The van der Waals surface area contributed by atoms with Crippen LogP contribution in [-0.2, 0) is 11.2 Å². The molecule has 3 heteroatoms. The van der Waals surface area contributed by atoms with Gasteiger partial charge in [0.25, 0.3) is 0 Å². The number of hydrogen-bond acceptors (Lipinski definition) is 3. The first-order valence-electron chi connectivity index (χ1n) is 10.6. The maximum atomic E-state index is 10.8. The van der Waals surface area contributed by atoms with Gasteiger partial charge in [0.15, 0.2) is 0 Å². The summed E-state index contributed by atoms with van der Waals surface area (Å²) in [6.07, 6.45) is 7.70. The first-order valence-corrected chi connectivity index (χ1v) is 10.6. The van der Waals surface area contributed by atoms with Crippen molar-refractivity contribution in [1.82, 2.24) is 0 Å². The molecule has 0 saturated heterocycles. The molecule has 1 aromatic rings. The molecule has 0 aromatic heterocycles. The highest BCUT2D eigenvalue weighted by Gasteiger charge is 2.57. The van der Waals surface area contributed by atoms with Crippen LogP contribution in [0.4, 0.5) is 0 Å². The highest BCUT2D eigenvalue weighted by atomic mass is 16.5. The quantitative estimate of drug-likeness (QED) is 0.753. The molecule has 0 spiro atoms. The van der Waals surface area contributed by atoms with E-state index in [2.05, 4.69) is 19.9 Å². The van der Waals surface area contributed by atoms with Gasteiger partial charge in [-0.3, -0.25) is 0 Å². The van der Waals surface area contributed by atoms with Crippen molar-refractivity contribution in [1.29, 1.82) is 0 Å². The van der Waals surface area contributed by atoms with E-state index in [1.165, 1.54) is 30.4 Å². The molecular formula is C23H34O3. The Hall–Kier alpha value is -1.06. The van der Waals surface area contributed by atoms with E-state index in [1.54, 1.807) is 0 Å². The van der Waals surface area contributed by atoms with E-state index in [0.717, 1.165) is 38.9 Å². The van der Waals surface area contributed by atoms with Crippen LogP contribution in [0.25, 0.3) is 0 Å². The van der Waals surface area contributed by atoms with Gasteiger partial charge in [-0.05, 0) is 104 Å². The third-order valence-electron chi connectivity index (χ3n) is 7.85. The van der Waals surface area contributed by atoms with Crippen molar-refractivity contribution in [3.05, 3.63) is 29.3 Å². The molecule has 0 heterocycles. The SMILES string of the molecule is CCOCCC[C@H]1C[C@]2(C)C(O)CC[C@H]2[C@@H]2CCc3cc(O)ccc3[C@@H]12. The first-order chi connectivity index (χ1) is 12.5. The maximum absolute atomic E-state index is 10.8. The van der Waals surface area contributed by atoms with Crippen LogP contribution in [0.15, 0.2) is 18.2 Å². The molecular weight excluding hydrogens is 324 g/mol. The summed E-state index contributed by atoms with van der Waals surface area (Å²) in [5.41, 5.74) is 2.92. The fraction of sp³-hybridized carbons (Fsp3) is 0.739. The van der Waals surface area contributed by atoms with E-state index < -0.39 is 0 Å². The zero-order valence-corrected chi connectivity index (χ0v) is 16.3. The Labute approximate surface area is 157 Å². The van der Waals surface area contributed by atoms with E-state index in [0.29, 0.717) is 29.4 Å². The molecule has 3 nitrogen and oxygen atoms in total. The van der Waals surface area contributed by atoms with Crippen LogP contribution >= 0.6 is 0 Å². The topological polar surface area (TPSA) is 49.7 Å². The van der Waals surface area contributed by atoms with Crippen LogP contribution in [-0.4, -0.2) is 29.5 Å². The van der Waals surface area contributed by atoms with Gasteiger partial charge >= 0.3 is 0 Å². The second-order valence-electron chi connectivity index (χ2n) is 9.12. The van der Waals surface area contributed by atoms with Gasteiger partial charge < -0.3 is 14.9 Å². The van der Waals surface area contributed by atoms with Gasteiger partial charge in [-0.15, -0.1) is 0 Å². The summed E-state index contributed by atoms with van der Waals surface area (Å²) in [6.45, 7) is 6.04. The minimum absolute atomic E-state index is 0.0892. The van der Waals surface area contributed by atoms with Gasteiger partial charge in [0, 0.05) is 13.2 Å². The monoisotopic (exact) mass is 358 g/mol. The van der Waals surface area contributed by atoms with Gasteiger partial charge in [0.05, 0.1) is 6.10 Å². The molecule has 1 unspecified atom stereocenters. The second kappa shape index (κ2) is 7.16. The molecule has 2 fully saturated rings. The molecule has 0 bridgehead atoms. The maximum Gasteiger partial charge on any atom is 0.115 e. The minimum atomic E-state index is -0.135. The summed E-state index contributed by atoms with van der Waals surface area (Å²) >= 11 is 0. The molecule has 0 amide bonds. The number of aliphatic hydroxyl groups is 1. The van der Waals surface area contributed by atoms with E-state index in [-0.39, 0.29) is 11.5 Å². The molecule has 144 valence electrons. The highest BCUT2D eigenvalue weighted by molar-refractivity contribution is 5.40. The van der Waals surface area contributed by atoms with Crippen LogP contribution in [0.5, 0.6) is 5.75 Å². The van der Waals surface area contributed by atoms with Crippen molar-refractivity contribution in [2.24, 2.45) is 23.2 Å². The van der Waals surface area contributed by atoms with Gasteiger partial charge in [-0.2, -0.15) is 0 Å². The molecule has 4 rings (SSSR count). The van der Waals surface area contributed by atoms with Gasteiger partial charge in [0.1, 0.15) is 5.75 Å². The lowest BCUT2D eigenvalue weighted by Crippen LogP contribution is -2.48. The molecule has 3 aliphatic carbocycles. The average molecular weight is 359 g/mol. The van der Waals surface area contributed by atoms with Crippen LogP contribution in [0.1, 0.15) is 69.4 Å². The van der Waals surface area contributed by atoms with Crippen LogP contribution in [0.3, 0.4) is 0 Å². The molecule has 26 heavy (non-hydrogen) atoms. The fourth-order valence-corrected chi connectivity index (χ4v) is 6.72. The summed E-state index contributed by atoms with van der Waals surface area (Å²) in [6, 6.07) is 6.04. The third-order valence-corrected chi connectivity index (χ3v) is 7.85. The number of phenols is 1. The Kier molecular flexibility index (Phi) is 5.04. The largest absolute Gasteiger partial charge is 0.508 e. The van der Waals surface area contributed by atoms with Crippen molar-refractivity contribution in [3.8, 4) is 5.75 Å². The Morgan fingerprint density at radius 1 is 1.23 bits per heavy atom. The molecule has 0 aliphatic heterocycles. The molecule has 2 N–H and O–H groups in total. The van der Waals surface area contributed by atoms with Crippen LogP contribution in [0, 0.1) is 23.2 Å². The highest BCUT2D eigenvalue weighted by Crippen LogP contribution is 2.63. The van der Waals surface area contributed by atoms with Crippen molar-refractivity contribution >= 4 is 0 Å². The zero-order chi connectivity index (χ0) is 18.3. The summed E-state index contributed by atoms with van der Waals surface area (Å²) in [5.74, 6) is 2.92. The zero-order valence-electron chi connectivity index (χ0n) is 16.3. The Morgan fingerprint density at radius 3 is 2.88 bits per heavy atom. The summed E-state index contributed by atoms with van der Waals surface area (Å²) in [5, 5.41) is 20.7. The predicted octanol–water partition coefficient (Wildman–Crippen LogP) is 4.65. The van der Waals surface area contributed by atoms with Crippen molar-refractivity contribution in [2.75, 3.05) is 13.2 Å². The Balaban J connectivity index is 1.65. The number of hydrogen-bond donors (Lipinski definition) is 2. The molecule has 6 atom stereocenters. The fourth-order valence-electron chi connectivity index (χ4n) is 6.72. The van der Waals surface area contributed by atoms with Crippen molar-refractivity contribution in [2.45, 2.75) is 70.8 Å². The van der Waals surface area contributed by atoms with Crippen molar-refractivity contribution < 1.29 is 14.9 Å². The van der Waals surface area contributed by atoms with Crippen molar-refractivity contribution in [3.63, 3.8) is 0 Å². The number of phenolic OH excluding ortho intramolecular Hbond substituents is 1. The minimum Gasteiger partial charge on any atom is -0.508 e. The lowest BCUT2D eigenvalue weighted by molar-refractivity contribution is -0.0510. The first kappa shape index (κ1) is 18.3. The normalized spacial score (nSPS) is 38.5. The number of rotatable bonds is 5. The summed E-state index contributed by atoms with van der Waals surface area (Å²) in [7, 11) is 0. The molecule has 3 aliphatic rings. The lowest BCUT2D eigenvalue weighted by Gasteiger charge is -2.54. The van der Waals surface area contributed by atoms with Gasteiger partial charge in [-0.1, -0.05) is 13.0 Å². The average Bonchev–Trinajstić information content (AvgIpc) is 2.93. The Bertz CT molecular complexity index is 642. The number of aromatic hydroxyl groups is 1. The smallest absolute Gasteiger partial charge is 0.115 e. The summed E-state index contributed by atoms with van der Waals surface area (Å²) < 4.78 is 5.60. The van der Waals surface area contributed by atoms with Gasteiger partial charge in [0.2, 0.25) is 0 Å². The van der Waals surface area contributed by atoms with E-state index >= 15 is 0 Å². The van der Waals surface area contributed by atoms with Gasteiger partial charge in [-0.25, -0.2) is 0 Å². The lowest BCUT2D eigenvalue weighted by atomic mass is 9.51. The third kappa shape index (κ3) is 2.97. The van der Waals surface area contributed by atoms with E-state index in [4.69, 9.17) is 4.74 Å². The van der Waals surface area contributed by atoms with E-state index in [1.807, 2.05) is 12.1 Å².